The van der Waals surface area contributed by atoms with Gasteiger partial charge in [-0.05, 0) is 49.7 Å². The highest BCUT2D eigenvalue weighted by atomic mass is 28.4. The summed E-state index contributed by atoms with van der Waals surface area (Å²) in [6.07, 6.45) is 7.65. The average Bonchev–Trinajstić information content (AvgIpc) is 2.78. The van der Waals surface area contributed by atoms with Gasteiger partial charge in [0, 0.05) is 19.0 Å². The van der Waals surface area contributed by atoms with Gasteiger partial charge in [-0.2, -0.15) is 0 Å². The van der Waals surface area contributed by atoms with Crippen LogP contribution in [0.15, 0.2) is 0 Å². The molecule has 2 rings (SSSR count). The minimum Gasteiger partial charge on any atom is -0.410 e. The predicted octanol–water partition coefficient (Wildman–Crippen LogP) is 3.56. The molecule has 0 spiro atoms. The fourth-order valence-corrected chi connectivity index (χ4v) is 5.38. The summed E-state index contributed by atoms with van der Waals surface area (Å²) in [5, 5.41) is 3.98. The Morgan fingerprint density at radius 1 is 1.26 bits per heavy atom. The number of rotatable bonds is 7. The standard InChI is InChI=1S/C18H36N2O2Si/c1-17(2,3)23(4,5)22-18(8-6-7-9-18)13-20-15-10-14(11-15)12-16(19)21/h14-15,20H,6-13H2,1-5H3,(H2,19,21). The first kappa shape index (κ1) is 18.9. The van der Waals surface area contributed by atoms with Crippen LogP contribution in [0.3, 0.4) is 0 Å². The van der Waals surface area contributed by atoms with E-state index in [9.17, 15) is 4.79 Å². The first-order valence-corrected chi connectivity index (χ1v) is 12.2. The smallest absolute Gasteiger partial charge is 0.217 e. The van der Waals surface area contributed by atoms with Gasteiger partial charge in [0.25, 0.3) is 0 Å². The summed E-state index contributed by atoms with van der Waals surface area (Å²) >= 11 is 0. The minimum absolute atomic E-state index is 0.0395. The van der Waals surface area contributed by atoms with Crippen LogP contribution < -0.4 is 11.1 Å². The van der Waals surface area contributed by atoms with Crippen LogP contribution in [0.25, 0.3) is 0 Å². The number of nitrogens with two attached hydrogens (primary N) is 1. The third-order valence-electron chi connectivity index (χ3n) is 6.23. The Balaban J connectivity index is 1.86. The molecule has 2 fully saturated rings. The average molecular weight is 341 g/mol. The maximum Gasteiger partial charge on any atom is 0.217 e. The summed E-state index contributed by atoms with van der Waals surface area (Å²) < 4.78 is 6.86. The van der Waals surface area contributed by atoms with Crippen LogP contribution in [-0.4, -0.2) is 32.4 Å². The molecule has 0 aliphatic heterocycles. The Morgan fingerprint density at radius 2 is 1.83 bits per heavy atom. The predicted molar refractivity (Wildman–Crippen MR) is 97.8 cm³/mol. The number of hydrogen-bond donors (Lipinski definition) is 2. The summed E-state index contributed by atoms with van der Waals surface area (Å²) in [5.74, 6) is 0.327. The Kier molecular flexibility index (Phi) is 5.64. The Hall–Kier alpha value is -0.393. The lowest BCUT2D eigenvalue weighted by Gasteiger charge is -2.46. The van der Waals surface area contributed by atoms with Crippen LogP contribution in [0.5, 0.6) is 0 Å². The Labute approximate surface area is 143 Å². The molecule has 0 bridgehead atoms. The molecule has 4 nitrogen and oxygen atoms in total. The monoisotopic (exact) mass is 340 g/mol. The van der Waals surface area contributed by atoms with E-state index in [-0.39, 0.29) is 16.5 Å². The second-order valence-electron chi connectivity index (χ2n) is 9.34. The second kappa shape index (κ2) is 6.85. The molecule has 0 aromatic heterocycles. The van der Waals surface area contributed by atoms with Gasteiger partial charge in [-0.1, -0.05) is 33.6 Å². The molecule has 2 saturated carbocycles. The summed E-state index contributed by atoms with van der Waals surface area (Å²) in [5.41, 5.74) is 5.32. The number of hydrogen-bond acceptors (Lipinski definition) is 3. The molecule has 3 N–H and O–H groups in total. The zero-order valence-electron chi connectivity index (χ0n) is 15.7. The Bertz CT molecular complexity index is 419. The first-order valence-electron chi connectivity index (χ1n) is 9.25. The zero-order chi connectivity index (χ0) is 17.3. The molecule has 0 unspecified atom stereocenters. The van der Waals surface area contributed by atoms with E-state index >= 15 is 0 Å². The molecule has 5 heteroatoms. The van der Waals surface area contributed by atoms with Crippen molar-refractivity contribution in [2.75, 3.05) is 6.54 Å². The molecule has 0 saturated heterocycles. The third-order valence-corrected chi connectivity index (χ3v) is 10.8. The van der Waals surface area contributed by atoms with E-state index in [2.05, 4.69) is 39.2 Å². The largest absolute Gasteiger partial charge is 0.410 e. The van der Waals surface area contributed by atoms with Crippen LogP contribution in [0, 0.1) is 5.92 Å². The Morgan fingerprint density at radius 3 is 2.30 bits per heavy atom. The van der Waals surface area contributed by atoms with Gasteiger partial charge < -0.3 is 15.5 Å². The number of amides is 1. The van der Waals surface area contributed by atoms with Crippen molar-refractivity contribution >= 4 is 14.2 Å². The first-order chi connectivity index (χ1) is 10.5. The van der Waals surface area contributed by atoms with E-state index in [1.54, 1.807) is 0 Å². The fraction of sp³-hybridized carbons (Fsp3) is 0.944. The van der Waals surface area contributed by atoms with Gasteiger partial charge in [0.1, 0.15) is 0 Å². The van der Waals surface area contributed by atoms with Crippen molar-refractivity contribution in [1.29, 1.82) is 0 Å². The fourth-order valence-electron chi connectivity index (χ4n) is 3.71. The number of carbonyl (C=O) groups is 1. The summed E-state index contributed by atoms with van der Waals surface area (Å²) in [6, 6.07) is 0.542. The summed E-state index contributed by atoms with van der Waals surface area (Å²) in [4.78, 5) is 11.0. The van der Waals surface area contributed by atoms with Gasteiger partial charge in [-0.25, -0.2) is 0 Å². The van der Waals surface area contributed by atoms with Crippen LogP contribution in [0.2, 0.25) is 18.1 Å². The molecule has 2 aliphatic rings. The van der Waals surface area contributed by atoms with Crippen LogP contribution in [-0.2, 0) is 9.22 Å². The molecule has 0 heterocycles. The van der Waals surface area contributed by atoms with Crippen molar-refractivity contribution in [3.8, 4) is 0 Å². The van der Waals surface area contributed by atoms with Crippen molar-refractivity contribution in [2.45, 2.75) is 95.5 Å². The quantitative estimate of drug-likeness (QED) is 0.696. The summed E-state index contributed by atoms with van der Waals surface area (Å²) in [7, 11) is -1.74. The van der Waals surface area contributed by atoms with E-state index in [4.69, 9.17) is 10.2 Å². The van der Waals surface area contributed by atoms with Gasteiger partial charge in [0.15, 0.2) is 8.32 Å². The SMILES string of the molecule is CC(C)(C)[Si](C)(C)OC1(CNC2CC(CC(N)=O)C2)CCCC1. The molecule has 0 aromatic rings. The lowest BCUT2D eigenvalue weighted by Crippen LogP contribution is -2.55. The maximum absolute atomic E-state index is 11.0. The van der Waals surface area contributed by atoms with Gasteiger partial charge >= 0.3 is 0 Å². The molecule has 2 aliphatic carbocycles. The van der Waals surface area contributed by atoms with Crippen molar-refractivity contribution in [3.05, 3.63) is 0 Å². The molecular formula is C18H36N2O2Si. The lowest BCUT2D eigenvalue weighted by atomic mass is 9.78. The molecule has 134 valence electrons. The highest BCUT2D eigenvalue weighted by Crippen LogP contribution is 2.44. The number of nitrogens with one attached hydrogen (secondary N) is 1. The van der Waals surface area contributed by atoms with Gasteiger partial charge in [-0.15, -0.1) is 0 Å². The van der Waals surface area contributed by atoms with E-state index in [0.29, 0.717) is 18.4 Å². The van der Waals surface area contributed by atoms with Crippen molar-refractivity contribution in [2.24, 2.45) is 11.7 Å². The lowest BCUT2D eigenvalue weighted by molar-refractivity contribution is -0.119. The minimum atomic E-state index is -1.74. The van der Waals surface area contributed by atoms with Crippen molar-refractivity contribution in [3.63, 3.8) is 0 Å². The zero-order valence-corrected chi connectivity index (χ0v) is 16.7. The van der Waals surface area contributed by atoms with E-state index < -0.39 is 8.32 Å². The van der Waals surface area contributed by atoms with E-state index in [1.165, 1.54) is 25.7 Å². The number of primary amides is 1. The van der Waals surface area contributed by atoms with Gasteiger partial charge in [0.2, 0.25) is 5.91 Å². The normalized spacial score (nSPS) is 27.7. The number of carbonyl (C=O) groups excluding carboxylic acids is 1. The molecule has 23 heavy (non-hydrogen) atoms. The molecule has 0 atom stereocenters. The molecule has 0 radical (unpaired) electrons. The van der Waals surface area contributed by atoms with E-state index in [0.717, 1.165) is 19.4 Å². The molecular weight excluding hydrogens is 304 g/mol. The molecule has 1 amide bonds. The van der Waals surface area contributed by atoms with Crippen molar-refractivity contribution < 1.29 is 9.22 Å². The highest BCUT2D eigenvalue weighted by Gasteiger charge is 2.46. The van der Waals surface area contributed by atoms with Crippen LogP contribution in [0.4, 0.5) is 0 Å². The topological polar surface area (TPSA) is 64.3 Å². The van der Waals surface area contributed by atoms with Crippen molar-refractivity contribution in [1.82, 2.24) is 5.32 Å². The van der Waals surface area contributed by atoms with E-state index in [1.807, 2.05) is 0 Å². The van der Waals surface area contributed by atoms with Crippen LogP contribution >= 0.6 is 0 Å². The maximum atomic E-state index is 11.0. The third kappa shape index (κ3) is 4.80. The molecule has 0 aromatic carbocycles. The second-order valence-corrected chi connectivity index (χ2v) is 14.1. The van der Waals surface area contributed by atoms with Gasteiger partial charge in [-0.3, -0.25) is 4.79 Å². The highest BCUT2D eigenvalue weighted by molar-refractivity contribution is 6.74. The van der Waals surface area contributed by atoms with Gasteiger partial charge in [0.05, 0.1) is 5.60 Å². The van der Waals surface area contributed by atoms with Crippen LogP contribution in [0.1, 0.15) is 65.7 Å². The summed E-state index contributed by atoms with van der Waals surface area (Å²) in [6.45, 7) is 12.6.